The van der Waals surface area contributed by atoms with Crippen molar-refractivity contribution in [2.24, 2.45) is 4.99 Å². The molecule has 1 aromatic rings. The largest absolute Gasteiger partial charge is 0.484 e. The van der Waals surface area contributed by atoms with Crippen molar-refractivity contribution >= 4 is 40.8 Å². The number of aliphatic imine (C=N–C) groups is 1. The SMILES string of the molecule is CCOC(=O)CC(=Nc1c(Cl)cccc1Cl)OC. The van der Waals surface area contributed by atoms with E-state index in [2.05, 4.69) is 4.99 Å². The van der Waals surface area contributed by atoms with Crippen LogP contribution in [0.1, 0.15) is 13.3 Å². The molecule has 1 rings (SSSR count). The minimum atomic E-state index is -0.415. The third kappa shape index (κ3) is 4.20. The standard InChI is InChI=1S/C12H13Cl2NO3/c1-3-18-11(16)7-10(17-2)15-12-8(13)5-4-6-9(12)14/h4-6H,3,7H2,1-2H3. The summed E-state index contributed by atoms with van der Waals surface area (Å²) in [5.41, 5.74) is 0.377. The molecule has 0 unspecified atom stereocenters. The zero-order valence-corrected chi connectivity index (χ0v) is 11.6. The number of rotatable bonds is 4. The molecule has 0 N–H and O–H groups in total. The third-order valence-corrected chi connectivity index (χ3v) is 2.62. The molecule has 0 aliphatic heterocycles. The highest BCUT2D eigenvalue weighted by Crippen LogP contribution is 2.32. The van der Waals surface area contributed by atoms with Gasteiger partial charge < -0.3 is 9.47 Å². The van der Waals surface area contributed by atoms with Crippen molar-refractivity contribution in [2.45, 2.75) is 13.3 Å². The van der Waals surface area contributed by atoms with Gasteiger partial charge in [-0.25, -0.2) is 4.99 Å². The van der Waals surface area contributed by atoms with Crippen LogP contribution < -0.4 is 0 Å². The van der Waals surface area contributed by atoms with Gasteiger partial charge >= 0.3 is 5.97 Å². The summed E-state index contributed by atoms with van der Waals surface area (Å²) >= 11 is 11.9. The molecule has 6 heteroatoms. The summed E-state index contributed by atoms with van der Waals surface area (Å²) in [6.45, 7) is 2.04. The maximum absolute atomic E-state index is 11.3. The molecule has 1 aromatic carbocycles. The van der Waals surface area contributed by atoms with Crippen LogP contribution in [0.2, 0.25) is 10.0 Å². The molecular weight excluding hydrogens is 277 g/mol. The Balaban J connectivity index is 2.94. The fourth-order valence-corrected chi connectivity index (χ4v) is 1.70. The summed E-state index contributed by atoms with van der Waals surface area (Å²) in [5, 5.41) is 0.779. The highest BCUT2D eigenvalue weighted by molar-refractivity contribution is 6.38. The topological polar surface area (TPSA) is 47.9 Å². The van der Waals surface area contributed by atoms with Gasteiger partial charge in [-0.05, 0) is 19.1 Å². The second-order valence-corrected chi connectivity index (χ2v) is 4.08. The van der Waals surface area contributed by atoms with Crippen LogP contribution in [-0.2, 0) is 14.3 Å². The fourth-order valence-electron chi connectivity index (χ4n) is 1.21. The van der Waals surface area contributed by atoms with Gasteiger partial charge in [0.05, 0.1) is 23.8 Å². The highest BCUT2D eigenvalue weighted by atomic mass is 35.5. The lowest BCUT2D eigenvalue weighted by Gasteiger charge is -2.06. The average molecular weight is 290 g/mol. The summed E-state index contributed by atoms with van der Waals surface area (Å²) in [4.78, 5) is 15.5. The van der Waals surface area contributed by atoms with Crippen LogP contribution in [0.3, 0.4) is 0 Å². The molecular formula is C12H13Cl2NO3. The molecule has 0 atom stereocenters. The number of methoxy groups -OCH3 is 1. The van der Waals surface area contributed by atoms with Crippen LogP contribution in [0.5, 0.6) is 0 Å². The first-order valence-corrected chi connectivity index (χ1v) is 6.05. The van der Waals surface area contributed by atoms with Gasteiger partial charge in [-0.3, -0.25) is 4.79 Å². The third-order valence-electron chi connectivity index (χ3n) is 2.01. The van der Waals surface area contributed by atoms with Gasteiger partial charge in [0.2, 0.25) is 0 Å². The lowest BCUT2D eigenvalue weighted by atomic mass is 10.3. The van der Waals surface area contributed by atoms with Crippen molar-refractivity contribution < 1.29 is 14.3 Å². The molecule has 0 amide bonds. The molecule has 98 valence electrons. The summed E-state index contributed by atoms with van der Waals surface area (Å²) in [6, 6.07) is 5.02. The minimum Gasteiger partial charge on any atom is -0.484 e. The highest BCUT2D eigenvalue weighted by Gasteiger charge is 2.11. The van der Waals surface area contributed by atoms with Gasteiger partial charge in [-0.2, -0.15) is 0 Å². The number of hydrogen-bond acceptors (Lipinski definition) is 4. The molecule has 0 bridgehead atoms. The number of carbonyl (C=O) groups excluding carboxylic acids is 1. The van der Waals surface area contributed by atoms with E-state index in [1.807, 2.05) is 0 Å². The summed E-state index contributed by atoms with van der Waals surface area (Å²) in [5.74, 6) is -0.218. The van der Waals surface area contributed by atoms with E-state index in [4.69, 9.17) is 32.7 Å². The van der Waals surface area contributed by atoms with E-state index in [0.717, 1.165) is 0 Å². The normalized spacial score (nSPS) is 11.2. The van der Waals surface area contributed by atoms with Crippen LogP contribution >= 0.6 is 23.2 Å². The monoisotopic (exact) mass is 289 g/mol. The number of esters is 1. The van der Waals surface area contributed by atoms with Crippen molar-refractivity contribution in [3.63, 3.8) is 0 Å². The number of ether oxygens (including phenoxy) is 2. The number of para-hydroxylation sites is 1. The van der Waals surface area contributed by atoms with Gasteiger partial charge in [0.25, 0.3) is 0 Å². The van der Waals surface area contributed by atoms with Crippen LogP contribution in [0.4, 0.5) is 5.69 Å². The molecule has 0 aliphatic rings. The van der Waals surface area contributed by atoms with E-state index in [1.165, 1.54) is 7.11 Å². The molecule has 0 saturated heterocycles. The summed E-state index contributed by atoms with van der Waals surface area (Å²) in [7, 11) is 1.42. The number of nitrogens with zero attached hydrogens (tertiary/aromatic N) is 1. The molecule has 0 aromatic heterocycles. The molecule has 0 saturated carbocycles. The first-order valence-electron chi connectivity index (χ1n) is 5.29. The first kappa shape index (κ1) is 14.8. The van der Waals surface area contributed by atoms with Crippen LogP contribution in [-0.4, -0.2) is 25.6 Å². The van der Waals surface area contributed by atoms with E-state index in [0.29, 0.717) is 22.3 Å². The summed E-state index contributed by atoms with van der Waals surface area (Å²) < 4.78 is 9.82. The Kier molecular flexibility index (Phi) is 5.95. The Hall–Kier alpha value is -1.26. The second kappa shape index (κ2) is 7.24. The van der Waals surface area contributed by atoms with Gasteiger partial charge in [-0.15, -0.1) is 0 Å². The first-order chi connectivity index (χ1) is 8.58. The predicted molar refractivity (Wildman–Crippen MR) is 71.8 cm³/mol. The zero-order valence-electron chi connectivity index (χ0n) is 10.1. The van der Waals surface area contributed by atoms with Crippen molar-refractivity contribution in [2.75, 3.05) is 13.7 Å². The van der Waals surface area contributed by atoms with Gasteiger partial charge in [-0.1, -0.05) is 29.3 Å². The molecule has 4 nitrogen and oxygen atoms in total. The quantitative estimate of drug-likeness (QED) is 0.483. The van der Waals surface area contributed by atoms with Crippen molar-refractivity contribution in [3.05, 3.63) is 28.2 Å². The van der Waals surface area contributed by atoms with Crippen molar-refractivity contribution in [1.82, 2.24) is 0 Å². The predicted octanol–water partition coefficient (Wildman–Crippen LogP) is 3.62. The maximum atomic E-state index is 11.3. The van der Waals surface area contributed by atoms with E-state index in [9.17, 15) is 4.79 Å². The van der Waals surface area contributed by atoms with Crippen LogP contribution in [0, 0.1) is 0 Å². The number of benzene rings is 1. The van der Waals surface area contributed by atoms with Gasteiger partial charge in [0.1, 0.15) is 12.1 Å². The Morgan fingerprint density at radius 1 is 1.33 bits per heavy atom. The lowest BCUT2D eigenvalue weighted by Crippen LogP contribution is -2.12. The van der Waals surface area contributed by atoms with Gasteiger partial charge in [0, 0.05) is 0 Å². The van der Waals surface area contributed by atoms with E-state index < -0.39 is 5.97 Å². The molecule has 0 spiro atoms. The lowest BCUT2D eigenvalue weighted by molar-refractivity contribution is -0.141. The number of carbonyl (C=O) groups is 1. The Bertz CT molecular complexity index is 440. The van der Waals surface area contributed by atoms with Gasteiger partial charge in [0.15, 0.2) is 5.90 Å². The smallest absolute Gasteiger partial charge is 0.315 e. The number of hydrogen-bond donors (Lipinski definition) is 0. The molecule has 0 heterocycles. The minimum absolute atomic E-state index is 0.0636. The van der Waals surface area contributed by atoms with Crippen molar-refractivity contribution in [3.8, 4) is 0 Å². The fraction of sp³-hybridized carbons (Fsp3) is 0.333. The summed E-state index contributed by atoms with van der Waals surface area (Å²) in [6.07, 6.45) is -0.0636. The molecule has 0 aliphatic carbocycles. The van der Waals surface area contributed by atoms with E-state index >= 15 is 0 Å². The Morgan fingerprint density at radius 3 is 2.44 bits per heavy atom. The van der Waals surface area contributed by atoms with Crippen LogP contribution in [0.15, 0.2) is 23.2 Å². The van der Waals surface area contributed by atoms with E-state index in [-0.39, 0.29) is 12.3 Å². The van der Waals surface area contributed by atoms with Crippen molar-refractivity contribution in [1.29, 1.82) is 0 Å². The molecule has 0 radical (unpaired) electrons. The Labute approximate surface area is 116 Å². The average Bonchev–Trinajstić information content (AvgIpc) is 2.33. The van der Waals surface area contributed by atoms with E-state index in [1.54, 1.807) is 25.1 Å². The molecule has 18 heavy (non-hydrogen) atoms. The second-order valence-electron chi connectivity index (χ2n) is 3.26. The molecule has 0 fully saturated rings. The van der Waals surface area contributed by atoms with Crippen LogP contribution in [0.25, 0.3) is 0 Å². The maximum Gasteiger partial charge on any atom is 0.315 e. The number of halogens is 2. The Morgan fingerprint density at radius 2 is 1.94 bits per heavy atom. The zero-order chi connectivity index (χ0) is 13.5.